The van der Waals surface area contributed by atoms with Crippen LogP contribution in [0.15, 0.2) is 50.8 Å². The summed E-state index contributed by atoms with van der Waals surface area (Å²) in [6.07, 6.45) is 2.92. The molecule has 142 valence electrons. The Balaban J connectivity index is 1.58. The van der Waals surface area contributed by atoms with Gasteiger partial charge in [0, 0.05) is 7.11 Å². The van der Waals surface area contributed by atoms with Gasteiger partial charge in [-0.05, 0) is 24.3 Å². The first kappa shape index (κ1) is 18.7. The number of nitrogens with zero attached hydrogens (tertiary/aromatic N) is 3. The number of furan rings is 2. The van der Waals surface area contributed by atoms with Crippen molar-refractivity contribution in [1.29, 1.82) is 0 Å². The van der Waals surface area contributed by atoms with Crippen molar-refractivity contribution in [2.75, 3.05) is 19.5 Å². The molecule has 0 aliphatic rings. The zero-order chi connectivity index (χ0) is 19.1. The molecule has 2 amide bonds. The molecule has 0 fully saturated rings. The Morgan fingerprint density at radius 2 is 2.00 bits per heavy atom. The minimum absolute atomic E-state index is 0.0295. The molecule has 0 saturated heterocycles. The third kappa shape index (κ3) is 4.77. The zero-order valence-electron chi connectivity index (χ0n) is 14.4. The lowest BCUT2D eigenvalue weighted by Gasteiger charge is -2.09. The summed E-state index contributed by atoms with van der Waals surface area (Å²) in [4.78, 5) is 23.7. The number of nitrogens with one attached hydrogen (secondary N) is 2. The van der Waals surface area contributed by atoms with Gasteiger partial charge in [0.05, 0.1) is 31.4 Å². The van der Waals surface area contributed by atoms with Crippen molar-refractivity contribution in [3.05, 3.63) is 42.6 Å². The number of carbonyl (C=O) groups is 2. The van der Waals surface area contributed by atoms with E-state index in [2.05, 4.69) is 21.0 Å². The molecule has 3 aromatic rings. The quantitative estimate of drug-likeness (QED) is 0.435. The predicted molar refractivity (Wildman–Crippen MR) is 94.6 cm³/mol. The van der Waals surface area contributed by atoms with Gasteiger partial charge in [0.15, 0.2) is 16.7 Å². The summed E-state index contributed by atoms with van der Waals surface area (Å²) in [7, 11) is 1.60. The average Bonchev–Trinajstić information content (AvgIpc) is 3.43. The van der Waals surface area contributed by atoms with Gasteiger partial charge in [-0.3, -0.25) is 25.0 Å². The fourth-order valence-electron chi connectivity index (χ4n) is 2.13. The van der Waals surface area contributed by atoms with E-state index in [4.69, 9.17) is 13.6 Å². The van der Waals surface area contributed by atoms with Gasteiger partial charge < -0.3 is 13.6 Å². The van der Waals surface area contributed by atoms with Crippen molar-refractivity contribution in [3.63, 3.8) is 0 Å². The molecule has 0 radical (unpaired) electrons. The second kappa shape index (κ2) is 9.05. The van der Waals surface area contributed by atoms with Crippen molar-refractivity contribution in [2.24, 2.45) is 0 Å². The number of carbonyl (C=O) groups excluding carboxylic acids is 2. The summed E-state index contributed by atoms with van der Waals surface area (Å²) in [5.74, 6) is 0.307. The summed E-state index contributed by atoms with van der Waals surface area (Å²) in [5, 5.41) is 8.77. The topological polar surface area (TPSA) is 124 Å². The normalized spacial score (nSPS) is 10.7. The van der Waals surface area contributed by atoms with Crippen LogP contribution >= 0.6 is 11.8 Å². The van der Waals surface area contributed by atoms with Crippen LogP contribution in [0, 0.1) is 0 Å². The number of methoxy groups -OCH3 is 1. The highest BCUT2D eigenvalue weighted by atomic mass is 32.2. The lowest BCUT2D eigenvalue weighted by Crippen LogP contribution is -2.42. The van der Waals surface area contributed by atoms with Crippen LogP contribution in [0.25, 0.3) is 11.6 Å². The molecule has 3 heterocycles. The molecule has 3 rings (SSSR count). The zero-order valence-corrected chi connectivity index (χ0v) is 15.2. The highest BCUT2D eigenvalue weighted by Gasteiger charge is 2.17. The highest BCUT2D eigenvalue weighted by Crippen LogP contribution is 2.24. The predicted octanol–water partition coefficient (Wildman–Crippen LogP) is 1.33. The first-order valence-electron chi connectivity index (χ1n) is 7.90. The molecule has 10 nitrogen and oxygen atoms in total. The lowest BCUT2D eigenvalue weighted by atomic mass is 10.4. The minimum atomic E-state index is -0.540. The number of ether oxygens (including phenoxy) is 1. The molecule has 0 bridgehead atoms. The smallest absolute Gasteiger partial charge is 0.305 e. The van der Waals surface area contributed by atoms with E-state index < -0.39 is 11.8 Å². The molecule has 11 heteroatoms. The molecular formula is C16H17N5O5S. The van der Waals surface area contributed by atoms with E-state index in [1.165, 1.54) is 24.1 Å². The van der Waals surface area contributed by atoms with Crippen molar-refractivity contribution in [3.8, 4) is 11.6 Å². The number of rotatable bonds is 8. The Morgan fingerprint density at radius 3 is 2.70 bits per heavy atom. The van der Waals surface area contributed by atoms with Crippen LogP contribution < -0.4 is 10.9 Å². The molecule has 0 aliphatic heterocycles. The summed E-state index contributed by atoms with van der Waals surface area (Å²) in [5.41, 5.74) is 4.59. The van der Waals surface area contributed by atoms with E-state index in [1.54, 1.807) is 31.6 Å². The molecular weight excluding hydrogens is 374 g/mol. The van der Waals surface area contributed by atoms with Crippen LogP contribution in [0.5, 0.6) is 0 Å². The molecule has 0 aromatic carbocycles. The fourth-order valence-corrected chi connectivity index (χ4v) is 2.89. The largest absolute Gasteiger partial charge is 0.461 e. The Bertz CT molecular complexity index is 875. The fraction of sp³-hybridized carbons (Fsp3) is 0.250. The van der Waals surface area contributed by atoms with E-state index in [9.17, 15) is 9.59 Å². The number of hydrogen-bond donors (Lipinski definition) is 2. The van der Waals surface area contributed by atoms with E-state index in [-0.39, 0.29) is 11.5 Å². The number of hydrogen-bond acceptors (Lipinski definition) is 8. The number of aromatic nitrogens is 3. The summed E-state index contributed by atoms with van der Waals surface area (Å²) in [6.45, 7) is 0.948. The first-order chi connectivity index (χ1) is 13.2. The highest BCUT2D eigenvalue weighted by molar-refractivity contribution is 7.99. The molecule has 0 saturated carbocycles. The molecule has 3 aromatic heterocycles. The van der Waals surface area contributed by atoms with E-state index >= 15 is 0 Å². The Kier molecular flexibility index (Phi) is 6.28. The van der Waals surface area contributed by atoms with Gasteiger partial charge in [0.1, 0.15) is 0 Å². The number of thioether (sulfide) groups is 1. The van der Waals surface area contributed by atoms with Crippen LogP contribution in [-0.2, 0) is 16.1 Å². The second-order valence-corrected chi connectivity index (χ2v) is 6.14. The number of amides is 2. The van der Waals surface area contributed by atoms with Crippen molar-refractivity contribution >= 4 is 23.6 Å². The molecule has 0 spiro atoms. The van der Waals surface area contributed by atoms with E-state index in [0.29, 0.717) is 29.9 Å². The van der Waals surface area contributed by atoms with Gasteiger partial charge in [-0.15, -0.1) is 10.2 Å². The maximum Gasteiger partial charge on any atom is 0.305 e. The Morgan fingerprint density at radius 1 is 1.19 bits per heavy atom. The van der Waals surface area contributed by atoms with Crippen molar-refractivity contribution in [1.82, 2.24) is 25.6 Å². The SMILES string of the molecule is COCCn1c(SCC(=O)NNC(=O)c2ccco2)nnc1-c1ccco1. The second-order valence-electron chi connectivity index (χ2n) is 5.20. The third-order valence-corrected chi connectivity index (χ3v) is 4.34. The van der Waals surface area contributed by atoms with Gasteiger partial charge in [-0.1, -0.05) is 11.8 Å². The third-order valence-electron chi connectivity index (χ3n) is 3.37. The number of hydrazine groups is 1. The summed E-state index contributed by atoms with van der Waals surface area (Å²) < 4.78 is 17.2. The van der Waals surface area contributed by atoms with Gasteiger partial charge in [0.2, 0.25) is 11.7 Å². The van der Waals surface area contributed by atoms with Crippen LogP contribution in [0.2, 0.25) is 0 Å². The molecule has 2 N–H and O–H groups in total. The van der Waals surface area contributed by atoms with Crippen LogP contribution in [0.1, 0.15) is 10.6 Å². The molecule has 0 unspecified atom stereocenters. The summed E-state index contributed by atoms with van der Waals surface area (Å²) >= 11 is 1.18. The first-order valence-corrected chi connectivity index (χ1v) is 8.89. The molecule has 0 aliphatic carbocycles. The Hall–Kier alpha value is -3.05. The summed E-state index contributed by atoms with van der Waals surface area (Å²) in [6, 6.07) is 6.60. The van der Waals surface area contributed by atoms with Crippen LogP contribution in [0.3, 0.4) is 0 Å². The van der Waals surface area contributed by atoms with E-state index in [0.717, 1.165) is 0 Å². The van der Waals surface area contributed by atoms with Crippen LogP contribution in [0.4, 0.5) is 0 Å². The molecule has 27 heavy (non-hydrogen) atoms. The average molecular weight is 391 g/mol. The minimum Gasteiger partial charge on any atom is -0.461 e. The van der Waals surface area contributed by atoms with Gasteiger partial charge in [-0.2, -0.15) is 0 Å². The Labute approximate surface area is 158 Å². The maximum atomic E-state index is 12.0. The van der Waals surface area contributed by atoms with Crippen LogP contribution in [-0.4, -0.2) is 46.0 Å². The standard InChI is InChI=1S/C16H17N5O5S/c1-24-9-6-21-14(11-4-2-7-25-11)18-20-16(21)27-10-13(22)17-19-15(23)12-5-3-8-26-12/h2-5,7-8H,6,9-10H2,1H3,(H,17,22)(H,19,23). The van der Waals surface area contributed by atoms with Crippen molar-refractivity contribution in [2.45, 2.75) is 11.7 Å². The van der Waals surface area contributed by atoms with Gasteiger partial charge in [-0.25, -0.2) is 0 Å². The molecule has 0 atom stereocenters. The van der Waals surface area contributed by atoms with Gasteiger partial charge >= 0.3 is 5.91 Å². The van der Waals surface area contributed by atoms with Crippen molar-refractivity contribution < 1.29 is 23.2 Å². The lowest BCUT2D eigenvalue weighted by molar-refractivity contribution is -0.119. The monoisotopic (exact) mass is 391 g/mol. The van der Waals surface area contributed by atoms with Gasteiger partial charge in [0.25, 0.3) is 0 Å². The maximum absolute atomic E-state index is 12.0. The van der Waals surface area contributed by atoms with E-state index in [1.807, 2.05) is 4.57 Å².